The summed E-state index contributed by atoms with van der Waals surface area (Å²) in [7, 11) is 0. The van der Waals surface area contributed by atoms with Crippen LogP contribution >= 0.6 is 15.9 Å². The number of aromatic amines is 1. The van der Waals surface area contributed by atoms with Gasteiger partial charge in [-0.25, -0.2) is 0 Å². The molecule has 1 aliphatic heterocycles. The van der Waals surface area contributed by atoms with Gasteiger partial charge in [-0.2, -0.15) is 15.1 Å². The van der Waals surface area contributed by atoms with Crippen molar-refractivity contribution in [2.45, 2.75) is 13.0 Å². The lowest BCUT2D eigenvalue weighted by Crippen LogP contribution is -2.50. The van der Waals surface area contributed by atoms with E-state index >= 15 is 0 Å². The number of rotatable bonds is 1. The Labute approximate surface area is 112 Å². The molecule has 1 saturated heterocycles. The standard InChI is InChI=1S/C10H14BrN7/c1-5-4-13-2-3-18(5)9-6-7(11)16-17-8(6)14-10(12)15-9/h5,13H,2-4H2,1H3,(H3,12,14,15,16,17)/t5-/m0/s1. The van der Waals surface area contributed by atoms with Gasteiger partial charge in [0, 0.05) is 25.7 Å². The van der Waals surface area contributed by atoms with E-state index in [-0.39, 0.29) is 5.95 Å². The van der Waals surface area contributed by atoms with E-state index in [0.717, 1.165) is 35.4 Å². The summed E-state index contributed by atoms with van der Waals surface area (Å²) in [6, 6.07) is 0.359. The Hall–Kier alpha value is -1.41. The molecular weight excluding hydrogens is 298 g/mol. The van der Waals surface area contributed by atoms with Crippen molar-refractivity contribution in [2.75, 3.05) is 30.3 Å². The molecule has 96 valence electrons. The molecule has 8 heteroatoms. The van der Waals surface area contributed by atoms with Crippen LogP contribution in [0.4, 0.5) is 11.8 Å². The van der Waals surface area contributed by atoms with Crippen LogP contribution in [0.2, 0.25) is 0 Å². The lowest BCUT2D eigenvalue weighted by atomic mass is 10.2. The van der Waals surface area contributed by atoms with Gasteiger partial charge in [0.1, 0.15) is 10.4 Å². The highest BCUT2D eigenvalue weighted by molar-refractivity contribution is 9.10. The number of nitrogens with two attached hydrogens (primary N) is 1. The van der Waals surface area contributed by atoms with Crippen LogP contribution in [0.25, 0.3) is 11.0 Å². The van der Waals surface area contributed by atoms with Crippen LogP contribution < -0.4 is 16.0 Å². The van der Waals surface area contributed by atoms with Crippen LogP contribution in [-0.4, -0.2) is 45.8 Å². The predicted octanol–water partition coefficient (Wildman–Crippen LogP) is 0.496. The molecule has 18 heavy (non-hydrogen) atoms. The summed E-state index contributed by atoms with van der Waals surface area (Å²) in [6.45, 7) is 4.92. The molecule has 1 fully saturated rings. The second-order valence-electron chi connectivity index (χ2n) is 4.39. The zero-order valence-electron chi connectivity index (χ0n) is 9.94. The van der Waals surface area contributed by atoms with Crippen LogP contribution in [0.3, 0.4) is 0 Å². The zero-order chi connectivity index (χ0) is 12.7. The van der Waals surface area contributed by atoms with Gasteiger partial charge >= 0.3 is 0 Å². The summed E-state index contributed by atoms with van der Waals surface area (Å²) in [5.41, 5.74) is 6.35. The first-order valence-corrected chi connectivity index (χ1v) is 6.60. The van der Waals surface area contributed by atoms with Gasteiger partial charge in [-0.05, 0) is 22.9 Å². The van der Waals surface area contributed by atoms with Crippen LogP contribution in [0.1, 0.15) is 6.92 Å². The van der Waals surface area contributed by atoms with Crippen molar-refractivity contribution in [1.82, 2.24) is 25.5 Å². The molecule has 0 aromatic carbocycles. The van der Waals surface area contributed by atoms with Crippen molar-refractivity contribution in [3.8, 4) is 0 Å². The molecule has 2 aromatic heterocycles. The molecule has 3 rings (SSSR count). The van der Waals surface area contributed by atoms with E-state index in [1.165, 1.54) is 0 Å². The second kappa shape index (κ2) is 4.36. The molecule has 0 unspecified atom stereocenters. The minimum Gasteiger partial charge on any atom is -0.368 e. The second-order valence-corrected chi connectivity index (χ2v) is 5.18. The van der Waals surface area contributed by atoms with Gasteiger partial charge in [0.05, 0.1) is 5.39 Å². The first-order valence-electron chi connectivity index (χ1n) is 5.81. The van der Waals surface area contributed by atoms with Gasteiger partial charge in [-0.15, -0.1) is 0 Å². The van der Waals surface area contributed by atoms with E-state index in [9.17, 15) is 0 Å². The average molecular weight is 312 g/mol. The highest BCUT2D eigenvalue weighted by Crippen LogP contribution is 2.30. The number of anilines is 2. The quantitative estimate of drug-likeness (QED) is 0.709. The summed E-state index contributed by atoms with van der Waals surface area (Å²) in [4.78, 5) is 10.7. The number of hydrogen-bond donors (Lipinski definition) is 3. The van der Waals surface area contributed by atoms with Crippen molar-refractivity contribution < 1.29 is 0 Å². The Bertz CT molecular complexity index is 581. The highest BCUT2D eigenvalue weighted by Gasteiger charge is 2.24. The number of nitrogens with zero attached hydrogens (tertiary/aromatic N) is 4. The van der Waals surface area contributed by atoms with Crippen LogP contribution in [0, 0.1) is 0 Å². The Morgan fingerprint density at radius 1 is 1.44 bits per heavy atom. The fourth-order valence-corrected chi connectivity index (χ4v) is 2.70. The molecular formula is C10H14BrN7. The van der Waals surface area contributed by atoms with Gasteiger partial charge in [-0.1, -0.05) is 0 Å². The summed E-state index contributed by atoms with van der Waals surface area (Å²) >= 11 is 3.45. The highest BCUT2D eigenvalue weighted by atomic mass is 79.9. The molecule has 1 aliphatic rings. The molecule has 0 radical (unpaired) electrons. The van der Waals surface area contributed by atoms with Gasteiger partial charge in [0.25, 0.3) is 0 Å². The molecule has 0 saturated carbocycles. The Balaban J connectivity index is 2.17. The minimum absolute atomic E-state index is 0.252. The van der Waals surface area contributed by atoms with Gasteiger partial charge < -0.3 is 16.0 Å². The number of halogens is 1. The molecule has 7 nitrogen and oxygen atoms in total. The van der Waals surface area contributed by atoms with Crippen molar-refractivity contribution in [2.24, 2.45) is 0 Å². The number of nitrogen functional groups attached to an aromatic ring is 1. The van der Waals surface area contributed by atoms with Gasteiger partial charge in [-0.3, -0.25) is 5.10 Å². The van der Waals surface area contributed by atoms with E-state index in [4.69, 9.17) is 5.73 Å². The molecule has 0 aliphatic carbocycles. The van der Waals surface area contributed by atoms with Gasteiger partial charge in [0.2, 0.25) is 5.95 Å². The Kier molecular flexibility index (Phi) is 2.83. The number of piperazine rings is 1. The van der Waals surface area contributed by atoms with E-state index in [1.807, 2.05) is 0 Å². The SMILES string of the molecule is C[C@H]1CNCCN1c1nc(N)nc2n[nH]c(Br)c12. The predicted molar refractivity (Wildman–Crippen MR) is 73.5 cm³/mol. The topological polar surface area (TPSA) is 95.8 Å². The van der Waals surface area contributed by atoms with E-state index in [0.29, 0.717) is 11.7 Å². The van der Waals surface area contributed by atoms with Crippen molar-refractivity contribution >= 4 is 38.7 Å². The molecule has 2 aromatic rings. The lowest BCUT2D eigenvalue weighted by molar-refractivity contribution is 0.498. The largest absolute Gasteiger partial charge is 0.368 e. The lowest BCUT2D eigenvalue weighted by Gasteiger charge is -2.35. The van der Waals surface area contributed by atoms with Crippen LogP contribution in [0.15, 0.2) is 4.60 Å². The van der Waals surface area contributed by atoms with Crippen molar-refractivity contribution in [1.29, 1.82) is 0 Å². The molecule has 0 bridgehead atoms. The Morgan fingerprint density at radius 3 is 3.06 bits per heavy atom. The number of fused-ring (bicyclic) bond motifs is 1. The molecule has 3 heterocycles. The number of nitrogens with one attached hydrogen (secondary N) is 2. The smallest absolute Gasteiger partial charge is 0.224 e. The minimum atomic E-state index is 0.252. The van der Waals surface area contributed by atoms with Crippen LogP contribution in [0.5, 0.6) is 0 Å². The molecule has 1 atom stereocenters. The van der Waals surface area contributed by atoms with E-state index < -0.39 is 0 Å². The first kappa shape index (κ1) is 11.7. The average Bonchev–Trinajstić information content (AvgIpc) is 2.71. The first-order chi connectivity index (χ1) is 8.66. The van der Waals surface area contributed by atoms with E-state index in [1.54, 1.807) is 0 Å². The third-order valence-corrected chi connectivity index (χ3v) is 3.71. The Morgan fingerprint density at radius 2 is 2.28 bits per heavy atom. The molecule has 0 amide bonds. The number of aromatic nitrogens is 4. The van der Waals surface area contributed by atoms with Crippen molar-refractivity contribution in [3.63, 3.8) is 0 Å². The summed E-state index contributed by atoms with van der Waals surface area (Å²) < 4.78 is 0.790. The third kappa shape index (κ3) is 1.81. The monoisotopic (exact) mass is 311 g/mol. The maximum absolute atomic E-state index is 5.75. The molecule has 4 N–H and O–H groups in total. The normalized spacial score (nSPS) is 20.6. The van der Waals surface area contributed by atoms with E-state index in [2.05, 4.69) is 53.2 Å². The zero-order valence-corrected chi connectivity index (χ0v) is 11.5. The number of hydrogen-bond acceptors (Lipinski definition) is 6. The summed E-state index contributed by atoms with van der Waals surface area (Å²) in [6.07, 6.45) is 0. The number of H-pyrrole nitrogens is 1. The fraction of sp³-hybridized carbons (Fsp3) is 0.500. The molecule has 0 spiro atoms. The van der Waals surface area contributed by atoms with Crippen LogP contribution in [-0.2, 0) is 0 Å². The summed E-state index contributed by atoms with van der Waals surface area (Å²) in [5.74, 6) is 1.09. The van der Waals surface area contributed by atoms with Crippen molar-refractivity contribution in [3.05, 3.63) is 4.60 Å². The maximum atomic E-state index is 5.75. The third-order valence-electron chi connectivity index (χ3n) is 3.14. The summed E-state index contributed by atoms with van der Waals surface area (Å²) in [5, 5.41) is 11.2. The fourth-order valence-electron chi connectivity index (χ4n) is 2.25. The van der Waals surface area contributed by atoms with Gasteiger partial charge in [0.15, 0.2) is 5.65 Å². The maximum Gasteiger partial charge on any atom is 0.224 e.